The summed E-state index contributed by atoms with van der Waals surface area (Å²) in [4.78, 5) is 0. The fourth-order valence-corrected chi connectivity index (χ4v) is 2.55. The van der Waals surface area contributed by atoms with Crippen LogP contribution in [0.25, 0.3) is 0 Å². The van der Waals surface area contributed by atoms with Gasteiger partial charge in [0.2, 0.25) is 0 Å². The molecule has 0 bridgehead atoms. The lowest BCUT2D eigenvalue weighted by atomic mass is 9.78. The molecule has 1 aliphatic carbocycles. The van der Waals surface area contributed by atoms with Gasteiger partial charge in [-0.25, -0.2) is 0 Å². The average molecular weight is 254 g/mol. The predicted octanol–water partition coefficient (Wildman–Crippen LogP) is 3.46. The first-order chi connectivity index (χ1) is 9.24. The Bertz CT molecular complexity index is 558. The highest BCUT2D eigenvalue weighted by molar-refractivity contribution is 5.40. The Hall–Kier alpha value is -1.80. The van der Waals surface area contributed by atoms with E-state index in [1.807, 2.05) is 24.3 Å². The van der Waals surface area contributed by atoms with Crippen LogP contribution in [0.2, 0.25) is 0 Å². The van der Waals surface area contributed by atoms with Crippen molar-refractivity contribution in [3.63, 3.8) is 0 Å². The predicted molar refractivity (Wildman–Crippen MR) is 75.5 cm³/mol. The second-order valence-electron chi connectivity index (χ2n) is 5.16. The number of rotatable bonds is 4. The maximum Gasteiger partial charge on any atom is 0.119 e. The second-order valence-corrected chi connectivity index (χ2v) is 5.16. The average Bonchev–Trinajstić information content (AvgIpc) is 2.40. The summed E-state index contributed by atoms with van der Waals surface area (Å²) in [7, 11) is 0. The van der Waals surface area contributed by atoms with Crippen LogP contribution in [0, 0.1) is 0 Å². The van der Waals surface area contributed by atoms with E-state index in [1.165, 1.54) is 11.1 Å². The Labute approximate surface area is 113 Å². The van der Waals surface area contributed by atoms with Crippen LogP contribution in [0.3, 0.4) is 0 Å². The number of aliphatic hydroxyl groups excluding tert-OH is 1. The van der Waals surface area contributed by atoms with Crippen LogP contribution in [-0.2, 0) is 6.42 Å². The van der Waals surface area contributed by atoms with Crippen LogP contribution in [0.1, 0.15) is 35.6 Å². The van der Waals surface area contributed by atoms with Gasteiger partial charge in [-0.05, 0) is 42.2 Å². The van der Waals surface area contributed by atoms with Crippen molar-refractivity contribution in [2.24, 2.45) is 0 Å². The van der Waals surface area contributed by atoms with Gasteiger partial charge in [-0.15, -0.1) is 0 Å². The molecule has 1 aliphatic rings. The maximum atomic E-state index is 9.45. The number of ether oxygens (including phenoxy) is 1. The lowest BCUT2D eigenvalue weighted by molar-refractivity contribution is 0.199. The minimum atomic E-state index is -0.424. The highest BCUT2D eigenvalue weighted by Crippen LogP contribution is 2.35. The zero-order chi connectivity index (χ0) is 13.2. The molecule has 0 spiro atoms. The normalized spacial score (nSPS) is 18.3. The topological polar surface area (TPSA) is 29.5 Å². The van der Waals surface area contributed by atoms with Gasteiger partial charge in [-0.1, -0.05) is 36.4 Å². The lowest BCUT2D eigenvalue weighted by Crippen LogP contribution is -2.23. The zero-order valence-electron chi connectivity index (χ0n) is 11.0. The van der Waals surface area contributed by atoms with Crippen molar-refractivity contribution in [2.45, 2.75) is 25.4 Å². The van der Waals surface area contributed by atoms with Crippen LogP contribution in [-0.4, -0.2) is 11.7 Å². The van der Waals surface area contributed by atoms with Gasteiger partial charge in [0, 0.05) is 5.92 Å². The molecule has 0 aliphatic heterocycles. The molecule has 0 aromatic heterocycles. The van der Waals surface area contributed by atoms with E-state index in [2.05, 4.69) is 24.3 Å². The molecular formula is C17H18O2. The second kappa shape index (κ2) is 5.06. The number of hydrogen-bond donors (Lipinski definition) is 1. The summed E-state index contributed by atoms with van der Waals surface area (Å²) in [6.07, 6.45) is 0.689. The molecule has 2 atom stereocenters. The Morgan fingerprint density at radius 3 is 2.58 bits per heavy atom. The van der Waals surface area contributed by atoms with Crippen LogP contribution in [0.15, 0.2) is 48.5 Å². The van der Waals surface area contributed by atoms with E-state index in [-0.39, 0.29) is 0 Å². The molecular weight excluding hydrogens is 236 g/mol. The van der Waals surface area contributed by atoms with Gasteiger partial charge >= 0.3 is 0 Å². The molecule has 0 saturated heterocycles. The molecule has 0 saturated carbocycles. The minimum absolute atomic E-state index is 0.424. The SMILES string of the molecule is C[C@@H](O)c1ccc(OCC2Cc3ccccc32)cc1. The van der Waals surface area contributed by atoms with E-state index in [0.717, 1.165) is 24.3 Å². The molecule has 2 nitrogen and oxygen atoms in total. The smallest absolute Gasteiger partial charge is 0.119 e. The minimum Gasteiger partial charge on any atom is -0.493 e. The van der Waals surface area contributed by atoms with Crippen molar-refractivity contribution >= 4 is 0 Å². The van der Waals surface area contributed by atoms with E-state index >= 15 is 0 Å². The number of benzene rings is 2. The van der Waals surface area contributed by atoms with Crippen molar-refractivity contribution in [2.75, 3.05) is 6.61 Å². The van der Waals surface area contributed by atoms with Crippen LogP contribution in [0.5, 0.6) is 5.75 Å². The van der Waals surface area contributed by atoms with Crippen molar-refractivity contribution < 1.29 is 9.84 Å². The fourth-order valence-electron chi connectivity index (χ4n) is 2.55. The Morgan fingerprint density at radius 1 is 1.16 bits per heavy atom. The molecule has 0 amide bonds. The van der Waals surface area contributed by atoms with Crippen LogP contribution >= 0.6 is 0 Å². The number of aliphatic hydroxyl groups is 1. The van der Waals surface area contributed by atoms with Crippen molar-refractivity contribution in [3.8, 4) is 5.75 Å². The zero-order valence-corrected chi connectivity index (χ0v) is 11.0. The van der Waals surface area contributed by atoms with Gasteiger partial charge in [0.15, 0.2) is 0 Å². The van der Waals surface area contributed by atoms with Gasteiger partial charge in [0.05, 0.1) is 12.7 Å². The summed E-state index contributed by atoms with van der Waals surface area (Å²) in [5, 5.41) is 9.45. The summed E-state index contributed by atoms with van der Waals surface area (Å²) in [6, 6.07) is 16.2. The molecule has 1 N–H and O–H groups in total. The first-order valence-electron chi connectivity index (χ1n) is 6.72. The molecule has 2 aromatic rings. The third-order valence-electron chi connectivity index (χ3n) is 3.77. The highest BCUT2D eigenvalue weighted by Gasteiger charge is 2.25. The highest BCUT2D eigenvalue weighted by atomic mass is 16.5. The molecule has 19 heavy (non-hydrogen) atoms. The van der Waals surface area contributed by atoms with Gasteiger partial charge in [-0.2, -0.15) is 0 Å². The Kier molecular flexibility index (Phi) is 3.26. The van der Waals surface area contributed by atoms with Gasteiger partial charge in [0.25, 0.3) is 0 Å². The van der Waals surface area contributed by atoms with E-state index in [1.54, 1.807) is 6.92 Å². The molecule has 0 fully saturated rings. The van der Waals surface area contributed by atoms with Crippen LogP contribution in [0.4, 0.5) is 0 Å². The van der Waals surface area contributed by atoms with Crippen molar-refractivity contribution in [1.29, 1.82) is 0 Å². The molecule has 98 valence electrons. The quantitative estimate of drug-likeness (QED) is 0.905. The Balaban J connectivity index is 1.59. The number of fused-ring (bicyclic) bond motifs is 1. The van der Waals surface area contributed by atoms with E-state index < -0.39 is 6.10 Å². The van der Waals surface area contributed by atoms with Crippen molar-refractivity contribution in [1.82, 2.24) is 0 Å². The van der Waals surface area contributed by atoms with Gasteiger partial charge < -0.3 is 9.84 Å². The largest absolute Gasteiger partial charge is 0.493 e. The molecule has 2 aromatic carbocycles. The fraction of sp³-hybridized carbons (Fsp3) is 0.294. The van der Waals surface area contributed by atoms with E-state index in [4.69, 9.17) is 4.74 Å². The number of hydrogen-bond acceptors (Lipinski definition) is 2. The first kappa shape index (κ1) is 12.2. The lowest BCUT2D eigenvalue weighted by Gasteiger charge is -2.29. The molecule has 0 radical (unpaired) electrons. The summed E-state index contributed by atoms with van der Waals surface area (Å²) >= 11 is 0. The monoisotopic (exact) mass is 254 g/mol. The van der Waals surface area contributed by atoms with E-state index in [0.29, 0.717) is 5.92 Å². The first-order valence-corrected chi connectivity index (χ1v) is 6.72. The standard InChI is InChI=1S/C17H18O2/c1-12(18)13-6-8-16(9-7-13)19-11-15-10-14-4-2-3-5-17(14)15/h2-9,12,15,18H,10-11H2,1H3/t12-,15?/m1/s1. The van der Waals surface area contributed by atoms with Crippen LogP contribution < -0.4 is 4.74 Å². The van der Waals surface area contributed by atoms with Gasteiger partial charge in [0.1, 0.15) is 5.75 Å². The summed E-state index contributed by atoms with van der Waals surface area (Å²) < 4.78 is 5.82. The molecule has 0 heterocycles. The van der Waals surface area contributed by atoms with E-state index in [9.17, 15) is 5.11 Å². The van der Waals surface area contributed by atoms with Crippen molar-refractivity contribution in [3.05, 3.63) is 65.2 Å². The third-order valence-corrected chi connectivity index (χ3v) is 3.77. The molecule has 1 unspecified atom stereocenters. The summed E-state index contributed by atoms with van der Waals surface area (Å²) in [5.74, 6) is 1.39. The summed E-state index contributed by atoms with van der Waals surface area (Å²) in [5.41, 5.74) is 3.78. The molecule has 2 heteroatoms. The Morgan fingerprint density at radius 2 is 1.89 bits per heavy atom. The maximum absolute atomic E-state index is 9.45. The third kappa shape index (κ3) is 2.49. The summed E-state index contributed by atoms with van der Waals surface area (Å²) in [6.45, 7) is 2.49. The van der Waals surface area contributed by atoms with Gasteiger partial charge in [-0.3, -0.25) is 0 Å². The molecule has 3 rings (SSSR count).